The van der Waals surface area contributed by atoms with Crippen LogP contribution in [0.1, 0.15) is 16.1 Å². The molecule has 0 aliphatic heterocycles. The van der Waals surface area contributed by atoms with Crippen LogP contribution in [0, 0.1) is 0 Å². The number of esters is 1. The number of methoxy groups -OCH3 is 1. The third-order valence-corrected chi connectivity index (χ3v) is 5.75. The predicted octanol–water partition coefficient (Wildman–Crippen LogP) is 3.58. The van der Waals surface area contributed by atoms with E-state index in [4.69, 9.17) is 0 Å². The molecule has 0 spiro atoms. The molecule has 0 unspecified atom stereocenters. The van der Waals surface area contributed by atoms with Gasteiger partial charge in [0.05, 0.1) is 24.1 Å². The van der Waals surface area contributed by atoms with Crippen LogP contribution >= 0.6 is 23.5 Å². The smallest absolute Gasteiger partial charge is 0.337 e. The summed E-state index contributed by atoms with van der Waals surface area (Å²) in [5, 5.41) is 3.13. The number of thioether (sulfide) groups is 2. The molecule has 1 amide bonds. The van der Waals surface area contributed by atoms with Gasteiger partial charge in [0.15, 0.2) is 5.16 Å². The molecule has 0 fully saturated rings. The largest absolute Gasteiger partial charge is 0.465 e. The Hall–Kier alpha value is -3.04. The molecule has 154 valence electrons. The lowest BCUT2D eigenvalue weighted by Crippen LogP contribution is -2.16. The van der Waals surface area contributed by atoms with E-state index in [-0.39, 0.29) is 17.2 Å². The summed E-state index contributed by atoms with van der Waals surface area (Å²) >= 11 is 2.73. The van der Waals surface area contributed by atoms with Gasteiger partial charge >= 0.3 is 5.97 Å². The Morgan fingerprint density at radius 1 is 1.07 bits per heavy atom. The molecule has 7 nitrogen and oxygen atoms in total. The van der Waals surface area contributed by atoms with E-state index in [0.717, 1.165) is 16.7 Å². The summed E-state index contributed by atoms with van der Waals surface area (Å²) in [5.41, 5.74) is 1.35. The topological polar surface area (TPSA) is 101 Å². The summed E-state index contributed by atoms with van der Waals surface area (Å²) in [6.45, 7) is 0. The molecule has 0 aliphatic rings. The highest BCUT2D eigenvalue weighted by Gasteiger charge is 2.09. The zero-order valence-corrected chi connectivity index (χ0v) is 17.7. The van der Waals surface area contributed by atoms with E-state index in [1.165, 1.54) is 13.2 Å². The first-order valence-corrected chi connectivity index (χ1v) is 10.9. The molecule has 2 N–H and O–H groups in total. The minimum atomic E-state index is -0.441. The van der Waals surface area contributed by atoms with E-state index in [1.807, 2.05) is 30.3 Å². The van der Waals surface area contributed by atoms with E-state index < -0.39 is 5.97 Å². The number of aromatic nitrogens is 2. The number of anilines is 1. The van der Waals surface area contributed by atoms with Gasteiger partial charge in [0, 0.05) is 22.4 Å². The Balaban J connectivity index is 1.54. The van der Waals surface area contributed by atoms with Crippen LogP contribution in [-0.2, 0) is 15.3 Å². The van der Waals surface area contributed by atoms with Crippen LogP contribution in [0.5, 0.6) is 0 Å². The maximum absolute atomic E-state index is 12.2. The van der Waals surface area contributed by atoms with E-state index in [1.54, 1.807) is 36.0 Å². The van der Waals surface area contributed by atoms with Gasteiger partial charge in [-0.3, -0.25) is 9.59 Å². The number of H-pyrrole nitrogens is 1. The van der Waals surface area contributed by atoms with Crippen LogP contribution < -0.4 is 10.9 Å². The van der Waals surface area contributed by atoms with Crippen molar-refractivity contribution in [3.63, 3.8) is 0 Å². The average Bonchev–Trinajstić information content (AvgIpc) is 2.77. The van der Waals surface area contributed by atoms with Gasteiger partial charge < -0.3 is 15.0 Å². The van der Waals surface area contributed by atoms with E-state index in [2.05, 4.69) is 20.0 Å². The van der Waals surface area contributed by atoms with Gasteiger partial charge in [-0.05, 0) is 36.4 Å². The number of carbonyl (C=O) groups excluding carboxylic acids is 2. The molecule has 1 heterocycles. The highest BCUT2D eigenvalue weighted by atomic mass is 32.2. The third-order valence-electron chi connectivity index (χ3n) is 3.83. The first-order chi connectivity index (χ1) is 14.5. The normalized spacial score (nSPS) is 10.4. The number of ether oxygens (including phenoxy) is 1. The molecule has 0 atom stereocenters. The van der Waals surface area contributed by atoms with Crippen LogP contribution in [0.4, 0.5) is 5.69 Å². The number of benzene rings is 2. The van der Waals surface area contributed by atoms with E-state index in [9.17, 15) is 14.4 Å². The Morgan fingerprint density at radius 2 is 1.80 bits per heavy atom. The number of hydrogen-bond donors (Lipinski definition) is 2. The van der Waals surface area contributed by atoms with Crippen LogP contribution in [-0.4, -0.2) is 34.7 Å². The van der Waals surface area contributed by atoms with Crippen molar-refractivity contribution < 1.29 is 14.3 Å². The fourth-order valence-electron chi connectivity index (χ4n) is 2.44. The molecule has 3 aromatic rings. The lowest BCUT2D eigenvalue weighted by Gasteiger charge is -2.07. The van der Waals surface area contributed by atoms with Crippen molar-refractivity contribution in [2.24, 2.45) is 0 Å². The van der Waals surface area contributed by atoms with Crippen LogP contribution in [0.15, 0.2) is 75.5 Å². The summed E-state index contributed by atoms with van der Waals surface area (Å²) in [6.07, 6.45) is 0. The number of amides is 1. The number of rotatable bonds is 8. The monoisotopic (exact) mass is 441 g/mol. The van der Waals surface area contributed by atoms with Gasteiger partial charge in [-0.25, -0.2) is 9.78 Å². The lowest BCUT2D eigenvalue weighted by atomic mass is 10.2. The lowest BCUT2D eigenvalue weighted by molar-refractivity contribution is -0.113. The Morgan fingerprint density at radius 3 is 2.50 bits per heavy atom. The highest BCUT2D eigenvalue weighted by molar-refractivity contribution is 7.99. The number of hydrogen-bond acceptors (Lipinski definition) is 7. The first kappa shape index (κ1) is 21.7. The second-order valence-electron chi connectivity index (χ2n) is 6.05. The van der Waals surface area contributed by atoms with Crippen molar-refractivity contribution in [1.82, 2.24) is 9.97 Å². The van der Waals surface area contributed by atoms with E-state index in [0.29, 0.717) is 27.9 Å². The highest BCUT2D eigenvalue weighted by Crippen LogP contribution is 2.22. The van der Waals surface area contributed by atoms with Gasteiger partial charge in [0.2, 0.25) is 5.91 Å². The predicted molar refractivity (Wildman–Crippen MR) is 118 cm³/mol. The Bertz CT molecular complexity index is 1070. The van der Waals surface area contributed by atoms with Gasteiger partial charge in [-0.2, -0.15) is 0 Å². The van der Waals surface area contributed by atoms with Crippen molar-refractivity contribution in [3.05, 3.63) is 82.3 Å². The van der Waals surface area contributed by atoms with Crippen LogP contribution in [0.25, 0.3) is 0 Å². The summed E-state index contributed by atoms with van der Waals surface area (Å²) in [4.78, 5) is 43.7. The van der Waals surface area contributed by atoms with Crippen LogP contribution in [0.3, 0.4) is 0 Å². The summed E-state index contributed by atoms with van der Waals surface area (Å²) < 4.78 is 4.64. The molecule has 30 heavy (non-hydrogen) atoms. The Labute approximate surface area is 181 Å². The fourth-order valence-corrected chi connectivity index (χ4v) is 3.94. The van der Waals surface area contributed by atoms with Gasteiger partial charge in [-0.15, -0.1) is 11.8 Å². The molecule has 1 aromatic heterocycles. The van der Waals surface area contributed by atoms with Gasteiger partial charge in [0.25, 0.3) is 5.56 Å². The maximum Gasteiger partial charge on any atom is 0.337 e. The second kappa shape index (κ2) is 10.7. The summed E-state index contributed by atoms with van der Waals surface area (Å²) in [7, 11) is 1.31. The Kier molecular flexibility index (Phi) is 7.69. The molecule has 0 aliphatic carbocycles. The molecule has 0 radical (unpaired) electrons. The molecule has 3 rings (SSSR count). The fraction of sp³-hybridized carbons (Fsp3) is 0.143. The van der Waals surface area contributed by atoms with Crippen molar-refractivity contribution in [3.8, 4) is 0 Å². The zero-order valence-electron chi connectivity index (χ0n) is 16.1. The molecule has 0 bridgehead atoms. The molecule has 0 saturated heterocycles. The van der Waals surface area contributed by atoms with Crippen molar-refractivity contribution in [2.45, 2.75) is 15.8 Å². The maximum atomic E-state index is 12.2. The first-order valence-electron chi connectivity index (χ1n) is 8.92. The SMILES string of the molecule is COC(=O)c1ccc(NC(=O)CSc2nc(CSc3ccccc3)cc(=O)[nH]2)cc1. The molecule has 2 aromatic carbocycles. The van der Waals surface area contributed by atoms with Gasteiger partial charge in [0.1, 0.15) is 0 Å². The second-order valence-corrected chi connectivity index (χ2v) is 8.06. The number of carbonyl (C=O) groups is 2. The quantitative estimate of drug-likeness (QED) is 0.313. The van der Waals surface area contributed by atoms with Gasteiger partial charge in [-0.1, -0.05) is 30.0 Å². The number of nitrogens with zero attached hydrogens (tertiary/aromatic N) is 1. The number of nitrogens with one attached hydrogen (secondary N) is 2. The van der Waals surface area contributed by atoms with E-state index >= 15 is 0 Å². The molecular weight excluding hydrogens is 422 g/mol. The van der Waals surface area contributed by atoms with Crippen molar-refractivity contribution >= 4 is 41.1 Å². The minimum absolute atomic E-state index is 0.0803. The minimum Gasteiger partial charge on any atom is -0.465 e. The standard InChI is InChI=1S/C21H19N3O4S2/c1-28-20(27)14-7-9-15(10-8-14)22-19(26)13-30-21-23-16(11-18(25)24-21)12-29-17-5-3-2-4-6-17/h2-11H,12-13H2,1H3,(H,22,26)(H,23,24,25). The summed E-state index contributed by atoms with van der Waals surface area (Å²) in [5.74, 6) is -0.0571. The third kappa shape index (κ3) is 6.50. The number of aromatic amines is 1. The van der Waals surface area contributed by atoms with Crippen molar-refractivity contribution in [1.29, 1.82) is 0 Å². The molecule has 0 saturated carbocycles. The zero-order chi connectivity index (χ0) is 21.3. The molecular formula is C21H19N3O4S2. The average molecular weight is 442 g/mol. The molecule has 9 heteroatoms. The van der Waals surface area contributed by atoms with Crippen LogP contribution in [0.2, 0.25) is 0 Å². The van der Waals surface area contributed by atoms with Crippen molar-refractivity contribution in [2.75, 3.05) is 18.2 Å². The summed E-state index contributed by atoms with van der Waals surface area (Å²) in [6, 6.07) is 17.7.